The fourth-order valence-electron chi connectivity index (χ4n) is 4.57. The van der Waals surface area contributed by atoms with Gasteiger partial charge in [0, 0.05) is 37.6 Å². The van der Waals surface area contributed by atoms with Gasteiger partial charge in [0.05, 0.1) is 10.6 Å². The molecule has 1 aliphatic heterocycles. The summed E-state index contributed by atoms with van der Waals surface area (Å²) in [4.78, 5) is 4.92. The highest BCUT2D eigenvalue weighted by atomic mass is 35.5. The van der Waals surface area contributed by atoms with Gasteiger partial charge < -0.3 is 4.90 Å². The fourth-order valence-corrected chi connectivity index (χ4v) is 4.71. The SMILES string of the molecule is CC1(Cl)C=CC(N2CCN(CCCc3n[nH]c4c3CCCCC4)CC2)=CC1. The predicted octanol–water partition coefficient (Wildman–Crippen LogP) is 4.07. The summed E-state index contributed by atoms with van der Waals surface area (Å²) in [6, 6.07) is 0. The quantitative estimate of drug-likeness (QED) is 0.610. The van der Waals surface area contributed by atoms with Gasteiger partial charge in [0.1, 0.15) is 0 Å². The standard InChI is InChI=1S/C22H33ClN4/c1-22(23)11-9-18(10-12-22)27-16-14-26(15-17-27)13-5-8-21-19-6-3-2-4-7-20(19)24-25-21/h9-11H,2-8,12-17H2,1H3,(H,24,25). The van der Waals surface area contributed by atoms with Crippen LogP contribution in [0.25, 0.3) is 0 Å². The molecule has 4 rings (SSSR count). The Morgan fingerprint density at radius 3 is 2.74 bits per heavy atom. The number of aromatic amines is 1. The third-order valence-electron chi connectivity index (χ3n) is 6.33. The maximum Gasteiger partial charge on any atom is 0.0657 e. The minimum absolute atomic E-state index is 0.199. The molecule has 5 heteroatoms. The number of aryl methyl sites for hydroxylation is 2. The topological polar surface area (TPSA) is 35.2 Å². The summed E-state index contributed by atoms with van der Waals surface area (Å²) in [6.45, 7) is 7.81. The van der Waals surface area contributed by atoms with Crippen LogP contribution in [-0.2, 0) is 19.3 Å². The Bertz CT molecular complexity index is 695. The lowest BCUT2D eigenvalue weighted by atomic mass is 10.00. The van der Waals surface area contributed by atoms with Gasteiger partial charge in [-0.05, 0) is 70.1 Å². The van der Waals surface area contributed by atoms with Gasteiger partial charge in [-0.3, -0.25) is 10.00 Å². The minimum Gasteiger partial charge on any atom is -0.369 e. The van der Waals surface area contributed by atoms with Gasteiger partial charge in [0.25, 0.3) is 0 Å². The molecule has 4 nitrogen and oxygen atoms in total. The molecule has 0 saturated carbocycles. The normalized spacial score (nSPS) is 26.6. The van der Waals surface area contributed by atoms with Crippen molar-refractivity contribution in [3.05, 3.63) is 40.9 Å². The van der Waals surface area contributed by atoms with Crippen LogP contribution in [0.1, 0.15) is 56.0 Å². The minimum atomic E-state index is -0.199. The number of rotatable bonds is 5. The molecule has 27 heavy (non-hydrogen) atoms. The maximum atomic E-state index is 6.39. The zero-order valence-corrected chi connectivity index (χ0v) is 17.4. The molecule has 2 aliphatic carbocycles. The van der Waals surface area contributed by atoms with Crippen LogP contribution < -0.4 is 0 Å². The molecule has 0 bridgehead atoms. The number of hydrogen-bond donors (Lipinski definition) is 1. The van der Waals surface area contributed by atoms with Gasteiger partial charge in [0.15, 0.2) is 0 Å². The molecule has 148 valence electrons. The third-order valence-corrected chi connectivity index (χ3v) is 6.61. The van der Waals surface area contributed by atoms with Crippen LogP contribution in [0.4, 0.5) is 0 Å². The number of nitrogens with one attached hydrogen (secondary N) is 1. The lowest BCUT2D eigenvalue weighted by Gasteiger charge is -2.38. The van der Waals surface area contributed by atoms with E-state index in [0.29, 0.717) is 0 Å². The molecule has 1 saturated heterocycles. The summed E-state index contributed by atoms with van der Waals surface area (Å²) >= 11 is 6.39. The number of H-pyrrole nitrogens is 1. The molecule has 0 radical (unpaired) electrons. The Hall–Kier alpha value is -1.26. The van der Waals surface area contributed by atoms with Gasteiger partial charge in [-0.1, -0.05) is 18.6 Å². The number of fused-ring (bicyclic) bond motifs is 1. The van der Waals surface area contributed by atoms with E-state index in [1.54, 1.807) is 5.56 Å². The second-order valence-electron chi connectivity index (χ2n) is 8.56. The molecule has 0 aromatic carbocycles. The van der Waals surface area contributed by atoms with Crippen LogP contribution in [0.2, 0.25) is 0 Å². The van der Waals surface area contributed by atoms with Gasteiger partial charge in [-0.2, -0.15) is 5.10 Å². The zero-order chi connectivity index (χ0) is 18.7. The molecule has 2 heterocycles. The first-order chi connectivity index (χ1) is 13.1. The number of nitrogens with zero attached hydrogens (tertiary/aromatic N) is 3. The molecular weight excluding hydrogens is 356 g/mol. The average molecular weight is 389 g/mol. The molecule has 1 aromatic rings. The number of alkyl halides is 1. The van der Waals surface area contributed by atoms with E-state index in [1.165, 1.54) is 62.2 Å². The van der Waals surface area contributed by atoms with Gasteiger partial charge in [0.2, 0.25) is 0 Å². The van der Waals surface area contributed by atoms with Gasteiger partial charge in [-0.15, -0.1) is 11.6 Å². The smallest absolute Gasteiger partial charge is 0.0657 e. The van der Waals surface area contributed by atoms with Crippen LogP contribution in [0, 0.1) is 0 Å². The second kappa shape index (κ2) is 8.40. The molecule has 3 aliphatic rings. The number of aromatic nitrogens is 2. The van der Waals surface area contributed by atoms with Crippen molar-refractivity contribution < 1.29 is 0 Å². The van der Waals surface area contributed by atoms with Crippen molar-refractivity contribution >= 4 is 11.6 Å². The van der Waals surface area contributed by atoms with E-state index in [2.05, 4.69) is 45.1 Å². The number of allylic oxidation sites excluding steroid dienone is 3. The van der Waals surface area contributed by atoms with E-state index in [-0.39, 0.29) is 4.87 Å². The van der Waals surface area contributed by atoms with Crippen molar-refractivity contribution in [1.29, 1.82) is 0 Å². The van der Waals surface area contributed by atoms with Crippen LogP contribution in [0.5, 0.6) is 0 Å². The molecule has 1 N–H and O–H groups in total. The Kier molecular flexibility index (Phi) is 5.93. The first-order valence-corrected chi connectivity index (χ1v) is 11.1. The summed E-state index contributed by atoms with van der Waals surface area (Å²) in [5.41, 5.74) is 5.65. The number of halogens is 1. The van der Waals surface area contributed by atoms with Gasteiger partial charge >= 0.3 is 0 Å². The largest absolute Gasteiger partial charge is 0.369 e. The Balaban J connectivity index is 1.21. The molecule has 0 amide bonds. The van der Waals surface area contributed by atoms with E-state index in [0.717, 1.165) is 39.0 Å². The average Bonchev–Trinajstić information content (AvgIpc) is 2.89. The predicted molar refractivity (Wildman–Crippen MR) is 112 cm³/mol. The first kappa shape index (κ1) is 19.1. The van der Waals surface area contributed by atoms with Crippen molar-refractivity contribution in [2.45, 2.75) is 63.2 Å². The molecule has 1 fully saturated rings. The van der Waals surface area contributed by atoms with Crippen LogP contribution in [0.15, 0.2) is 23.9 Å². The van der Waals surface area contributed by atoms with E-state index in [4.69, 9.17) is 11.6 Å². The number of hydrogen-bond acceptors (Lipinski definition) is 3. The molecule has 1 atom stereocenters. The summed E-state index contributed by atoms with van der Waals surface area (Å²) in [6.07, 6.45) is 16.3. The highest BCUT2D eigenvalue weighted by Crippen LogP contribution is 2.28. The lowest BCUT2D eigenvalue weighted by Crippen LogP contribution is -2.46. The van der Waals surface area contributed by atoms with Crippen LogP contribution in [-0.4, -0.2) is 57.6 Å². The van der Waals surface area contributed by atoms with E-state index < -0.39 is 0 Å². The van der Waals surface area contributed by atoms with Crippen molar-refractivity contribution in [2.75, 3.05) is 32.7 Å². The summed E-state index contributed by atoms with van der Waals surface area (Å²) in [5, 5.41) is 7.94. The molecule has 1 unspecified atom stereocenters. The van der Waals surface area contributed by atoms with Gasteiger partial charge in [-0.25, -0.2) is 0 Å². The monoisotopic (exact) mass is 388 g/mol. The van der Waals surface area contributed by atoms with E-state index >= 15 is 0 Å². The summed E-state index contributed by atoms with van der Waals surface area (Å²) < 4.78 is 0. The van der Waals surface area contributed by atoms with Crippen LogP contribution in [0.3, 0.4) is 0 Å². The van der Waals surface area contributed by atoms with Crippen molar-refractivity contribution in [3.8, 4) is 0 Å². The van der Waals surface area contributed by atoms with Crippen LogP contribution >= 0.6 is 11.6 Å². The highest BCUT2D eigenvalue weighted by molar-refractivity contribution is 6.25. The lowest BCUT2D eigenvalue weighted by molar-refractivity contribution is 0.160. The summed E-state index contributed by atoms with van der Waals surface area (Å²) in [7, 11) is 0. The first-order valence-electron chi connectivity index (χ1n) is 10.7. The highest BCUT2D eigenvalue weighted by Gasteiger charge is 2.23. The summed E-state index contributed by atoms with van der Waals surface area (Å²) in [5.74, 6) is 0. The second-order valence-corrected chi connectivity index (χ2v) is 9.43. The third kappa shape index (κ3) is 4.78. The van der Waals surface area contributed by atoms with E-state index in [9.17, 15) is 0 Å². The molecular formula is C22H33ClN4. The number of piperazine rings is 1. The van der Waals surface area contributed by atoms with E-state index in [1.807, 2.05) is 0 Å². The Labute approximate surface area is 168 Å². The fraction of sp³-hybridized carbons (Fsp3) is 0.682. The maximum absolute atomic E-state index is 6.39. The van der Waals surface area contributed by atoms with Crippen molar-refractivity contribution in [2.24, 2.45) is 0 Å². The zero-order valence-electron chi connectivity index (χ0n) is 16.6. The van der Waals surface area contributed by atoms with Crippen molar-refractivity contribution in [1.82, 2.24) is 20.0 Å². The Morgan fingerprint density at radius 2 is 1.96 bits per heavy atom. The Morgan fingerprint density at radius 1 is 1.15 bits per heavy atom. The molecule has 0 spiro atoms. The molecule has 1 aromatic heterocycles. The van der Waals surface area contributed by atoms with Crippen molar-refractivity contribution in [3.63, 3.8) is 0 Å².